The first kappa shape index (κ1) is 18.2. The minimum Gasteiger partial charge on any atom is -0.497 e. The predicted molar refractivity (Wildman–Crippen MR) is 114 cm³/mol. The lowest BCUT2D eigenvalue weighted by molar-refractivity contribution is 0.360. The average molecular weight is 396 g/mol. The molecule has 5 rings (SSSR count). The van der Waals surface area contributed by atoms with Crippen LogP contribution in [0, 0.1) is 11.3 Å². The largest absolute Gasteiger partial charge is 0.497 e. The van der Waals surface area contributed by atoms with Crippen molar-refractivity contribution < 1.29 is 9.84 Å². The fourth-order valence-electron chi connectivity index (χ4n) is 4.51. The van der Waals surface area contributed by atoms with Gasteiger partial charge in [-0.25, -0.2) is 9.98 Å². The summed E-state index contributed by atoms with van der Waals surface area (Å²) in [4.78, 5) is 9.08. The summed E-state index contributed by atoms with van der Waals surface area (Å²) in [5.41, 5.74) is 3.13. The van der Waals surface area contributed by atoms with E-state index in [0.717, 1.165) is 22.0 Å². The maximum Gasteiger partial charge on any atom is 0.201 e. The molecule has 0 bridgehead atoms. The average Bonchev–Trinajstić information content (AvgIpc) is 3.26. The van der Waals surface area contributed by atoms with Crippen LogP contribution in [0.15, 0.2) is 58.3 Å². The van der Waals surface area contributed by atoms with Gasteiger partial charge in [-0.15, -0.1) is 0 Å². The van der Waals surface area contributed by atoms with Crippen LogP contribution in [0.3, 0.4) is 0 Å². The summed E-state index contributed by atoms with van der Waals surface area (Å²) < 4.78 is 7.39. The Bertz CT molecular complexity index is 1440. The Kier molecular flexibility index (Phi) is 3.68. The number of ether oxygens (including phenoxy) is 1. The van der Waals surface area contributed by atoms with Crippen molar-refractivity contribution in [1.82, 2.24) is 4.57 Å². The van der Waals surface area contributed by atoms with Crippen LogP contribution in [-0.2, 0) is 5.54 Å². The van der Waals surface area contributed by atoms with E-state index in [-0.39, 0.29) is 11.5 Å². The Balaban J connectivity index is 1.93. The molecule has 0 saturated heterocycles. The van der Waals surface area contributed by atoms with Gasteiger partial charge in [0.05, 0.1) is 34.4 Å². The second-order valence-electron chi connectivity index (χ2n) is 8.11. The second-order valence-corrected chi connectivity index (χ2v) is 8.11. The van der Waals surface area contributed by atoms with Gasteiger partial charge in [0, 0.05) is 10.9 Å². The topological polar surface area (TPSA) is 82.9 Å². The first-order valence-electron chi connectivity index (χ1n) is 9.68. The Morgan fingerprint density at radius 1 is 1.17 bits per heavy atom. The number of methoxy groups -OCH3 is 1. The van der Waals surface area contributed by atoms with Gasteiger partial charge in [-0.05, 0) is 50.6 Å². The van der Waals surface area contributed by atoms with Gasteiger partial charge in [0.2, 0.25) is 5.88 Å². The van der Waals surface area contributed by atoms with Crippen LogP contribution in [0.4, 0.5) is 0 Å². The lowest BCUT2D eigenvalue weighted by Gasteiger charge is -2.31. The van der Waals surface area contributed by atoms with Crippen molar-refractivity contribution in [2.45, 2.75) is 26.3 Å². The number of rotatable bonds is 2. The third kappa shape index (κ3) is 2.35. The summed E-state index contributed by atoms with van der Waals surface area (Å²) in [7, 11) is 1.61. The fraction of sp³-hybridized carbons (Fsp3) is 0.208. The number of hydrogen-bond donors (Lipinski definition) is 1. The van der Waals surface area contributed by atoms with E-state index in [9.17, 15) is 10.4 Å². The highest BCUT2D eigenvalue weighted by atomic mass is 16.5. The van der Waals surface area contributed by atoms with E-state index < -0.39 is 5.54 Å². The predicted octanol–water partition coefficient (Wildman–Crippen LogP) is 3.65. The van der Waals surface area contributed by atoms with Crippen molar-refractivity contribution in [2.75, 3.05) is 7.11 Å². The quantitative estimate of drug-likeness (QED) is 0.671. The highest BCUT2D eigenvalue weighted by Crippen LogP contribution is 2.48. The Morgan fingerprint density at radius 2 is 1.83 bits per heavy atom. The van der Waals surface area contributed by atoms with Crippen LogP contribution in [-0.4, -0.2) is 16.8 Å². The number of para-hydroxylation sites is 2. The summed E-state index contributed by atoms with van der Waals surface area (Å²) in [6.45, 7) is 6.11. The summed E-state index contributed by atoms with van der Waals surface area (Å²) in [5, 5.41) is 23.6. The lowest BCUT2D eigenvalue weighted by atomic mass is 9.91. The zero-order valence-electron chi connectivity index (χ0n) is 17.2. The van der Waals surface area contributed by atoms with E-state index in [1.165, 1.54) is 0 Å². The van der Waals surface area contributed by atoms with Gasteiger partial charge in [-0.3, -0.25) is 0 Å². The normalized spacial score (nSPS) is 15.7. The van der Waals surface area contributed by atoms with Crippen LogP contribution < -0.4 is 15.5 Å². The molecule has 3 heterocycles. The highest BCUT2D eigenvalue weighted by molar-refractivity contribution is 6.06. The number of fused-ring (bicyclic) bond motifs is 1. The third-order valence-corrected chi connectivity index (χ3v) is 5.74. The molecule has 0 fully saturated rings. The van der Waals surface area contributed by atoms with Crippen LogP contribution in [0.5, 0.6) is 11.6 Å². The number of benzene rings is 2. The molecule has 3 aromatic rings. The molecule has 148 valence electrons. The molecule has 1 aromatic heterocycles. The maximum atomic E-state index is 11.4. The minimum absolute atomic E-state index is 0.0265. The van der Waals surface area contributed by atoms with Gasteiger partial charge in [0.25, 0.3) is 0 Å². The first-order chi connectivity index (χ1) is 14.4. The summed E-state index contributed by atoms with van der Waals surface area (Å²) in [5.74, 6) is 0.993. The summed E-state index contributed by atoms with van der Waals surface area (Å²) >= 11 is 0. The Morgan fingerprint density at radius 3 is 2.43 bits per heavy atom. The maximum absolute atomic E-state index is 11.4. The third-order valence-electron chi connectivity index (χ3n) is 5.74. The van der Waals surface area contributed by atoms with Crippen molar-refractivity contribution in [2.24, 2.45) is 9.98 Å². The van der Waals surface area contributed by atoms with Gasteiger partial charge in [-0.2, -0.15) is 5.26 Å². The molecule has 0 aliphatic carbocycles. The van der Waals surface area contributed by atoms with E-state index in [4.69, 9.17) is 4.74 Å². The highest BCUT2D eigenvalue weighted by Gasteiger charge is 2.34. The minimum atomic E-state index is -0.468. The van der Waals surface area contributed by atoms with Gasteiger partial charge in [0.15, 0.2) is 5.82 Å². The first-order valence-corrected chi connectivity index (χ1v) is 9.68. The molecule has 0 spiro atoms. The van der Waals surface area contributed by atoms with Crippen molar-refractivity contribution >= 4 is 22.0 Å². The van der Waals surface area contributed by atoms with E-state index >= 15 is 0 Å². The van der Waals surface area contributed by atoms with Gasteiger partial charge in [-0.1, -0.05) is 18.2 Å². The zero-order valence-corrected chi connectivity index (χ0v) is 17.2. The number of aromatic hydroxyl groups is 1. The standard InChI is InChI=1S/C24H20N4O2/c1-13-11-24(2,3)28-21-15(13)9-14(30-4)10-16(21)20(23(28)29)17(12-25)22-26-18-7-5-6-8-19(18)27-22/h5-11,29H,1-4H3. The molecule has 2 aromatic carbocycles. The van der Waals surface area contributed by atoms with Crippen molar-refractivity contribution in [3.05, 3.63) is 70.1 Å². The molecule has 1 N–H and O–H groups in total. The van der Waals surface area contributed by atoms with Crippen LogP contribution in [0.1, 0.15) is 31.9 Å². The molecule has 0 radical (unpaired) electrons. The monoisotopic (exact) mass is 396 g/mol. The van der Waals surface area contributed by atoms with Crippen molar-refractivity contribution in [3.8, 4) is 17.7 Å². The molecule has 0 unspecified atom stereocenters. The van der Waals surface area contributed by atoms with Crippen LogP contribution in [0.2, 0.25) is 0 Å². The number of nitrogens with zero attached hydrogens (tertiary/aromatic N) is 4. The number of hydrogen-bond acceptors (Lipinski definition) is 5. The molecule has 6 heteroatoms. The van der Waals surface area contributed by atoms with Crippen LogP contribution >= 0.6 is 0 Å². The molecule has 0 amide bonds. The molecular weight excluding hydrogens is 376 g/mol. The molecular formula is C24H20N4O2. The van der Waals surface area contributed by atoms with E-state index in [0.29, 0.717) is 27.8 Å². The summed E-state index contributed by atoms with van der Waals surface area (Å²) in [6, 6.07) is 13.5. The SMILES string of the molecule is COc1cc2c3c(c1)c(C(C#N)=C1N=c4ccccc4=N1)c(O)n3C(C)(C)C=C2C. The second kappa shape index (κ2) is 6.07. The van der Waals surface area contributed by atoms with E-state index in [1.807, 2.05) is 61.7 Å². The smallest absolute Gasteiger partial charge is 0.201 e. The van der Waals surface area contributed by atoms with Crippen LogP contribution in [0.25, 0.3) is 22.0 Å². The molecule has 2 aliphatic heterocycles. The Hall–Kier alpha value is -3.85. The van der Waals surface area contributed by atoms with Gasteiger partial charge < -0.3 is 14.4 Å². The molecule has 0 saturated carbocycles. The van der Waals surface area contributed by atoms with Crippen molar-refractivity contribution in [3.63, 3.8) is 0 Å². The fourth-order valence-corrected chi connectivity index (χ4v) is 4.51. The number of allylic oxidation sites excluding steroid dienone is 3. The lowest BCUT2D eigenvalue weighted by Crippen LogP contribution is -2.26. The van der Waals surface area contributed by atoms with Crippen molar-refractivity contribution in [1.29, 1.82) is 5.26 Å². The zero-order chi connectivity index (χ0) is 21.2. The van der Waals surface area contributed by atoms with E-state index in [2.05, 4.69) is 22.1 Å². The number of nitriles is 1. The molecule has 2 aliphatic rings. The van der Waals surface area contributed by atoms with Gasteiger partial charge >= 0.3 is 0 Å². The van der Waals surface area contributed by atoms with E-state index in [1.54, 1.807) is 7.11 Å². The summed E-state index contributed by atoms with van der Waals surface area (Å²) in [6.07, 6.45) is 2.11. The molecule has 6 nitrogen and oxygen atoms in total. The van der Waals surface area contributed by atoms with Gasteiger partial charge in [0.1, 0.15) is 17.4 Å². The molecule has 0 atom stereocenters. The molecule has 30 heavy (non-hydrogen) atoms. The number of aromatic nitrogens is 1. The Labute approximate surface area is 173 Å².